The van der Waals surface area contributed by atoms with E-state index in [-0.39, 0.29) is 0 Å². The highest BCUT2D eigenvalue weighted by atomic mass is 32.2. The topological polar surface area (TPSA) is 42.7 Å². The number of nitrogens with one attached hydrogen (secondary N) is 1. The van der Waals surface area contributed by atoms with Crippen molar-refractivity contribution in [2.75, 3.05) is 5.75 Å². The van der Waals surface area contributed by atoms with E-state index < -0.39 is 0 Å². The molecule has 21 heavy (non-hydrogen) atoms. The summed E-state index contributed by atoms with van der Waals surface area (Å²) in [6, 6.07) is 9.55. The van der Waals surface area contributed by atoms with Crippen LogP contribution in [0, 0.1) is 6.92 Å². The Bertz CT molecular complexity index is 651. The molecule has 0 fully saturated rings. The van der Waals surface area contributed by atoms with Gasteiger partial charge in [0.2, 0.25) is 0 Å². The van der Waals surface area contributed by atoms with Gasteiger partial charge in [0.05, 0.1) is 6.04 Å². The van der Waals surface area contributed by atoms with Gasteiger partial charge >= 0.3 is 0 Å². The Balaban J connectivity index is 1.60. The van der Waals surface area contributed by atoms with Gasteiger partial charge in [-0.05, 0) is 43.6 Å². The fourth-order valence-corrected chi connectivity index (χ4v) is 4.51. The molecule has 1 aromatic carbocycles. The quantitative estimate of drug-likeness (QED) is 0.924. The second-order valence-corrected chi connectivity index (χ2v) is 6.97. The highest BCUT2D eigenvalue weighted by Gasteiger charge is 2.28. The van der Waals surface area contributed by atoms with Crippen LogP contribution in [-0.4, -0.2) is 20.5 Å². The summed E-state index contributed by atoms with van der Waals surface area (Å²) in [6.07, 6.45) is 3.52. The molecule has 0 unspecified atom stereocenters. The molecule has 0 spiro atoms. The Hall–Kier alpha value is -1.33. The van der Waals surface area contributed by atoms with E-state index in [4.69, 9.17) is 0 Å². The van der Waals surface area contributed by atoms with E-state index >= 15 is 0 Å². The predicted octanol–water partition coefficient (Wildman–Crippen LogP) is 3.25. The van der Waals surface area contributed by atoms with Crippen molar-refractivity contribution in [2.45, 2.75) is 49.7 Å². The van der Waals surface area contributed by atoms with E-state index in [0.717, 1.165) is 24.6 Å². The highest BCUT2D eigenvalue weighted by Crippen LogP contribution is 2.38. The molecule has 5 heteroatoms. The smallest absolute Gasteiger partial charge is 0.147 e. The molecule has 0 radical (unpaired) electrons. The van der Waals surface area contributed by atoms with Crippen LogP contribution in [0.4, 0.5) is 0 Å². The van der Waals surface area contributed by atoms with Gasteiger partial charge in [-0.1, -0.05) is 18.2 Å². The first-order chi connectivity index (χ1) is 10.3. The molecule has 0 bridgehead atoms. The molecule has 3 heterocycles. The number of aryl methyl sites for hydroxylation is 2. The number of thioether (sulfide) groups is 1. The van der Waals surface area contributed by atoms with E-state index in [2.05, 4.69) is 44.3 Å². The minimum absolute atomic E-state index is 0.334. The molecule has 110 valence electrons. The summed E-state index contributed by atoms with van der Waals surface area (Å²) in [4.78, 5) is 6.06. The lowest BCUT2D eigenvalue weighted by Gasteiger charge is -2.31. The second kappa shape index (κ2) is 5.46. The van der Waals surface area contributed by atoms with E-state index in [1.54, 1.807) is 0 Å². The van der Waals surface area contributed by atoms with Crippen LogP contribution < -0.4 is 5.32 Å². The van der Waals surface area contributed by atoms with E-state index in [0.29, 0.717) is 12.1 Å². The summed E-state index contributed by atoms with van der Waals surface area (Å²) < 4.78 is 2.08. The van der Waals surface area contributed by atoms with Crippen molar-refractivity contribution >= 4 is 11.8 Å². The number of rotatable bonds is 2. The summed E-state index contributed by atoms with van der Waals surface area (Å²) in [7, 11) is 0. The van der Waals surface area contributed by atoms with Gasteiger partial charge < -0.3 is 5.32 Å². The van der Waals surface area contributed by atoms with Crippen LogP contribution in [0.1, 0.15) is 48.6 Å². The Morgan fingerprint density at radius 2 is 2.14 bits per heavy atom. The molecular weight excluding hydrogens is 280 g/mol. The normalized spacial score (nSPS) is 24.4. The third-order valence-corrected chi connectivity index (χ3v) is 5.46. The standard InChI is InChI=1S/C16H20N4S/c1-11-17-16-14(6-4-9-20(16)19-11)18-13-8-10-21-15-7-3-2-5-12(13)15/h2-3,5,7,13-14,18H,4,6,8-10H2,1H3/t13-,14-/m0/s1. The van der Waals surface area contributed by atoms with Gasteiger partial charge in [0, 0.05) is 17.5 Å². The third-order valence-electron chi connectivity index (χ3n) is 4.34. The molecule has 0 saturated carbocycles. The lowest BCUT2D eigenvalue weighted by atomic mass is 10.00. The Morgan fingerprint density at radius 3 is 3.10 bits per heavy atom. The molecule has 4 nitrogen and oxygen atoms in total. The van der Waals surface area contributed by atoms with E-state index in [1.807, 2.05) is 18.7 Å². The number of fused-ring (bicyclic) bond motifs is 2. The zero-order valence-electron chi connectivity index (χ0n) is 12.2. The summed E-state index contributed by atoms with van der Waals surface area (Å²) >= 11 is 1.97. The molecule has 2 aliphatic rings. The summed E-state index contributed by atoms with van der Waals surface area (Å²) in [6.45, 7) is 2.99. The fraction of sp³-hybridized carbons (Fsp3) is 0.500. The summed E-state index contributed by atoms with van der Waals surface area (Å²) in [5, 5.41) is 8.35. The number of hydrogen-bond acceptors (Lipinski definition) is 4. The molecular formula is C16H20N4S. The summed E-state index contributed by atoms with van der Waals surface area (Å²) in [5.41, 5.74) is 1.45. The van der Waals surface area contributed by atoms with Crippen molar-refractivity contribution < 1.29 is 0 Å². The number of hydrogen-bond donors (Lipinski definition) is 1. The highest BCUT2D eigenvalue weighted by molar-refractivity contribution is 7.99. The molecule has 1 N–H and O–H groups in total. The molecule has 0 aliphatic carbocycles. The van der Waals surface area contributed by atoms with Crippen molar-refractivity contribution in [1.29, 1.82) is 0 Å². The Labute approximate surface area is 129 Å². The van der Waals surface area contributed by atoms with Gasteiger partial charge in [-0.3, -0.25) is 0 Å². The second-order valence-electron chi connectivity index (χ2n) is 5.83. The average Bonchev–Trinajstić information content (AvgIpc) is 2.89. The number of nitrogens with zero attached hydrogens (tertiary/aromatic N) is 3. The number of benzene rings is 1. The van der Waals surface area contributed by atoms with Crippen LogP contribution in [0.25, 0.3) is 0 Å². The molecule has 0 saturated heterocycles. The van der Waals surface area contributed by atoms with E-state index in [9.17, 15) is 0 Å². The minimum Gasteiger partial charge on any atom is -0.300 e. The lowest BCUT2D eigenvalue weighted by Crippen LogP contribution is -2.33. The first-order valence-corrected chi connectivity index (χ1v) is 8.69. The monoisotopic (exact) mass is 300 g/mol. The maximum atomic E-state index is 4.64. The molecule has 1 aromatic heterocycles. The first-order valence-electron chi connectivity index (χ1n) is 7.70. The van der Waals surface area contributed by atoms with Crippen LogP contribution in [-0.2, 0) is 6.54 Å². The van der Waals surface area contributed by atoms with Crippen LogP contribution >= 0.6 is 11.8 Å². The van der Waals surface area contributed by atoms with Gasteiger partial charge in [0.15, 0.2) is 0 Å². The van der Waals surface area contributed by atoms with Gasteiger partial charge in [-0.2, -0.15) is 5.10 Å². The van der Waals surface area contributed by atoms with Crippen molar-refractivity contribution in [3.8, 4) is 0 Å². The number of aromatic nitrogens is 3. The predicted molar refractivity (Wildman–Crippen MR) is 84.4 cm³/mol. The molecule has 2 aliphatic heterocycles. The lowest BCUT2D eigenvalue weighted by molar-refractivity contribution is 0.330. The van der Waals surface area contributed by atoms with Crippen molar-refractivity contribution in [3.05, 3.63) is 41.5 Å². The van der Waals surface area contributed by atoms with Gasteiger partial charge in [0.25, 0.3) is 0 Å². The van der Waals surface area contributed by atoms with Crippen molar-refractivity contribution in [3.63, 3.8) is 0 Å². The van der Waals surface area contributed by atoms with Crippen LogP contribution in [0.15, 0.2) is 29.2 Å². The van der Waals surface area contributed by atoms with Gasteiger partial charge in [-0.15, -0.1) is 11.8 Å². The van der Waals surface area contributed by atoms with Crippen LogP contribution in [0.5, 0.6) is 0 Å². The maximum Gasteiger partial charge on any atom is 0.147 e. The Morgan fingerprint density at radius 1 is 1.24 bits per heavy atom. The molecule has 2 atom stereocenters. The SMILES string of the molecule is Cc1nc2n(n1)CCC[C@@H]2N[C@H]1CCSc2ccccc21. The fourth-order valence-electron chi connectivity index (χ4n) is 3.38. The van der Waals surface area contributed by atoms with Crippen LogP contribution in [0.3, 0.4) is 0 Å². The summed E-state index contributed by atoms with van der Waals surface area (Å²) in [5.74, 6) is 3.19. The van der Waals surface area contributed by atoms with Crippen molar-refractivity contribution in [2.24, 2.45) is 0 Å². The van der Waals surface area contributed by atoms with Gasteiger partial charge in [0.1, 0.15) is 11.6 Å². The maximum absolute atomic E-state index is 4.64. The zero-order chi connectivity index (χ0) is 14.2. The molecule has 2 aromatic rings. The largest absolute Gasteiger partial charge is 0.300 e. The van der Waals surface area contributed by atoms with Crippen molar-refractivity contribution in [1.82, 2.24) is 20.1 Å². The minimum atomic E-state index is 0.334. The molecule has 0 amide bonds. The van der Waals surface area contributed by atoms with E-state index in [1.165, 1.54) is 29.1 Å². The zero-order valence-corrected chi connectivity index (χ0v) is 13.1. The molecule has 4 rings (SSSR count). The average molecular weight is 300 g/mol. The van der Waals surface area contributed by atoms with Gasteiger partial charge in [-0.25, -0.2) is 9.67 Å². The van der Waals surface area contributed by atoms with Crippen LogP contribution in [0.2, 0.25) is 0 Å². The Kier molecular flexibility index (Phi) is 3.47. The first kappa shape index (κ1) is 13.3. The third kappa shape index (κ3) is 2.49.